The topological polar surface area (TPSA) is 99.8 Å². The Bertz CT molecular complexity index is 792. The van der Waals surface area contributed by atoms with Crippen LogP contribution in [0.4, 0.5) is 0 Å². The number of rotatable bonds is 5. The van der Waals surface area contributed by atoms with Crippen molar-refractivity contribution in [3.63, 3.8) is 0 Å². The number of hydrogen-bond acceptors (Lipinski definition) is 5. The van der Waals surface area contributed by atoms with Gasteiger partial charge >= 0.3 is 0 Å². The molecule has 112 valence electrons. The van der Waals surface area contributed by atoms with Crippen molar-refractivity contribution < 1.29 is 9.21 Å². The van der Waals surface area contributed by atoms with Crippen molar-refractivity contribution in [3.8, 4) is 11.5 Å². The van der Waals surface area contributed by atoms with E-state index in [0.717, 1.165) is 12.4 Å². The fourth-order valence-electron chi connectivity index (χ4n) is 2.19. The molecule has 3 aromatic heterocycles. The van der Waals surface area contributed by atoms with E-state index >= 15 is 0 Å². The summed E-state index contributed by atoms with van der Waals surface area (Å²) in [5.74, 6) is 1.26. The van der Waals surface area contributed by atoms with Crippen LogP contribution in [0.2, 0.25) is 0 Å². The zero-order chi connectivity index (χ0) is 15.5. The molecule has 0 aliphatic rings. The Morgan fingerprint density at radius 3 is 2.95 bits per heavy atom. The maximum atomic E-state index is 11.5. The van der Waals surface area contributed by atoms with E-state index in [1.807, 2.05) is 17.7 Å². The van der Waals surface area contributed by atoms with Gasteiger partial charge in [0, 0.05) is 18.9 Å². The van der Waals surface area contributed by atoms with Crippen LogP contribution in [-0.2, 0) is 13.0 Å². The number of nitrogens with zero attached hydrogens (tertiary/aromatic N) is 4. The minimum absolute atomic E-state index is 0.158. The molecule has 2 N–H and O–H groups in total. The fourth-order valence-corrected chi connectivity index (χ4v) is 2.19. The smallest absolute Gasteiger partial charge is 0.267 e. The highest BCUT2D eigenvalue weighted by Gasteiger charge is 2.14. The van der Waals surface area contributed by atoms with E-state index in [0.29, 0.717) is 23.7 Å². The third-order valence-corrected chi connectivity index (χ3v) is 3.26. The predicted octanol–water partition coefficient (Wildman–Crippen LogP) is 1.64. The van der Waals surface area contributed by atoms with Gasteiger partial charge in [-0.15, -0.1) is 0 Å². The third kappa shape index (κ3) is 2.73. The van der Waals surface area contributed by atoms with Crippen molar-refractivity contribution in [1.29, 1.82) is 0 Å². The summed E-state index contributed by atoms with van der Waals surface area (Å²) in [7, 11) is 0. The summed E-state index contributed by atoms with van der Waals surface area (Å²) < 4.78 is 7.32. The number of aryl methyl sites for hydroxylation is 1. The van der Waals surface area contributed by atoms with Crippen molar-refractivity contribution in [2.45, 2.75) is 19.9 Å². The summed E-state index contributed by atoms with van der Waals surface area (Å²) in [6, 6.07) is 5.05. The van der Waals surface area contributed by atoms with Crippen LogP contribution in [-0.4, -0.2) is 25.4 Å². The molecule has 3 aromatic rings. The summed E-state index contributed by atoms with van der Waals surface area (Å²) in [5, 5.41) is 0. The second kappa shape index (κ2) is 5.80. The Hall–Kier alpha value is -2.96. The van der Waals surface area contributed by atoms with Crippen LogP contribution >= 0.6 is 0 Å². The first-order chi connectivity index (χ1) is 10.7. The first-order valence-electron chi connectivity index (χ1n) is 6.89. The summed E-state index contributed by atoms with van der Waals surface area (Å²) in [5.41, 5.74) is 6.04. The van der Waals surface area contributed by atoms with Crippen molar-refractivity contribution in [3.05, 3.63) is 54.2 Å². The molecule has 0 atom stereocenters. The molecule has 3 heterocycles. The first kappa shape index (κ1) is 14.0. The van der Waals surface area contributed by atoms with Gasteiger partial charge in [-0.3, -0.25) is 4.79 Å². The van der Waals surface area contributed by atoms with Gasteiger partial charge in [-0.2, -0.15) is 0 Å². The maximum absolute atomic E-state index is 11.5. The number of nitrogens with two attached hydrogens (primary N) is 1. The fraction of sp³-hybridized carbons (Fsp3) is 0.200. The molecule has 0 aliphatic heterocycles. The van der Waals surface area contributed by atoms with E-state index in [1.54, 1.807) is 24.6 Å². The average molecular weight is 297 g/mol. The summed E-state index contributed by atoms with van der Waals surface area (Å²) >= 11 is 0. The molecular weight excluding hydrogens is 282 g/mol. The molecule has 0 aliphatic carbocycles. The number of furan rings is 1. The second-order valence-electron chi connectivity index (χ2n) is 4.70. The van der Waals surface area contributed by atoms with Gasteiger partial charge in [0.25, 0.3) is 5.91 Å². The lowest BCUT2D eigenvalue weighted by atomic mass is 10.2. The molecule has 1 amide bonds. The average Bonchev–Trinajstić information content (AvgIpc) is 3.18. The van der Waals surface area contributed by atoms with Crippen LogP contribution in [0.3, 0.4) is 0 Å². The molecule has 3 rings (SSSR count). The van der Waals surface area contributed by atoms with Crippen LogP contribution < -0.4 is 5.73 Å². The minimum atomic E-state index is -0.602. The molecule has 0 saturated carbocycles. The van der Waals surface area contributed by atoms with E-state index in [1.165, 1.54) is 6.07 Å². The highest BCUT2D eigenvalue weighted by molar-refractivity contribution is 5.91. The summed E-state index contributed by atoms with van der Waals surface area (Å²) in [6.45, 7) is 2.83. The van der Waals surface area contributed by atoms with Gasteiger partial charge in [-0.25, -0.2) is 15.0 Å². The molecule has 7 nitrogen and oxygen atoms in total. The molecule has 0 unspecified atom stereocenters. The van der Waals surface area contributed by atoms with Crippen LogP contribution in [0.25, 0.3) is 11.5 Å². The molecule has 0 aromatic carbocycles. The number of amides is 1. The number of imidazole rings is 1. The molecular formula is C15H15N5O2. The Morgan fingerprint density at radius 1 is 1.41 bits per heavy atom. The second-order valence-corrected chi connectivity index (χ2v) is 4.70. The quantitative estimate of drug-likeness (QED) is 0.771. The van der Waals surface area contributed by atoms with Crippen LogP contribution in [0.5, 0.6) is 0 Å². The first-order valence-corrected chi connectivity index (χ1v) is 6.89. The van der Waals surface area contributed by atoms with Gasteiger partial charge in [-0.1, -0.05) is 0 Å². The van der Waals surface area contributed by atoms with Gasteiger partial charge in [0.05, 0.1) is 12.7 Å². The maximum Gasteiger partial charge on any atom is 0.267 e. The van der Waals surface area contributed by atoms with E-state index in [-0.39, 0.29) is 5.69 Å². The van der Waals surface area contributed by atoms with E-state index in [4.69, 9.17) is 10.2 Å². The lowest BCUT2D eigenvalue weighted by molar-refractivity contribution is 0.0995. The summed E-state index contributed by atoms with van der Waals surface area (Å²) in [4.78, 5) is 24.4. The Morgan fingerprint density at radius 2 is 2.27 bits per heavy atom. The molecule has 0 fully saturated rings. The largest absolute Gasteiger partial charge is 0.463 e. The molecule has 7 heteroatoms. The van der Waals surface area contributed by atoms with Crippen molar-refractivity contribution in [2.75, 3.05) is 0 Å². The number of aromatic nitrogens is 4. The predicted molar refractivity (Wildman–Crippen MR) is 79.0 cm³/mol. The lowest BCUT2D eigenvalue weighted by Crippen LogP contribution is -2.16. The Balaban J connectivity index is 2.01. The summed E-state index contributed by atoms with van der Waals surface area (Å²) in [6.07, 6.45) is 5.57. The number of carbonyl (C=O) groups excluding carboxylic acids is 1. The third-order valence-electron chi connectivity index (χ3n) is 3.26. The van der Waals surface area contributed by atoms with E-state index in [2.05, 4.69) is 15.0 Å². The molecule has 22 heavy (non-hydrogen) atoms. The van der Waals surface area contributed by atoms with Crippen LogP contribution in [0.1, 0.15) is 29.1 Å². The van der Waals surface area contributed by atoms with Crippen molar-refractivity contribution >= 4 is 5.91 Å². The highest BCUT2D eigenvalue weighted by atomic mass is 16.3. The normalized spacial score (nSPS) is 10.8. The van der Waals surface area contributed by atoms with Crippen molar-refractivity contribution in [2.24, 2.45) is 5.73 Å². The molecule has 0 spiro atoms. The SMILES string of the molecule is CCn1ccnc1Cc1nc(C(N)=O)cc(-c2ccco2)n1. The van der Waals surface area contributed by atoms with E-state index in [9.17, 15) is 4.79 Å². The molecule has 0 radical (unpaired) electrons. The van der Waals surface area contributed by atoms with Crippen LogP contribution in [0.15, 0.2) is 41.3 Å². The number of carbonyl (C=O) groups is 1. The molecule has 0 saturated heterocycles. The minimum Gasteiger partial charge on any atom is -0.463 e. The number of primary amides is 1. The van der Waals surface area contributed by atoms with Crippen molar-refractivity contribution in [1.82, 2.24) is 19.5 Å². The standard InChI is InChI=1S/C15H15N5O2/c1-2-20-6-5-17-14(20)9-13-18-10(12-4-3-7-22-12)8-11(19-13)15(16)21/h3-8H,2,9H2,1H3,(H2,16,21). The van der Waals surface area contributed by atoms with Gasteiger partial charge in [0.1, 0.15) is 23.0 Å². The van der Waals surface area contributed by atoms with Gasteiger partial charge in [0.2, 0.25) is 0 Å². The van der Waals surface area contributed by atoms with Gasteiger partial charge < -0.3 is 14.7 Å². The lowest BCUT2D eigenvalue weighted by Gasteiger charge is -2.06. The van der Waals surface area contributed by atoms with Gasteiger partial charge in [-0.05, 0) is 25.1 Å². The zero-order valence-corrected chi connectivity index (χ0v) is 12.1. The zero-order valence-electron chi connectivity index (χ0n) is 12.1. The van der Waals surface area contributed by atoms with Gasteiger partial charge in [0.15, 0.2) is 5.76 Å². The molecule has 0 bridgehead atoms. The van der Waals surface area contributed by atoms with Crippen LogP contribution in [0, 0.1) is 0 Å². The number of hydrogen-bond donors (Lipinski definition) is 1. The Labute approximate surface area is 126 Å². The highest BCUT2D eigenvalue weighted by Crippen LogP contribution is 2.19. The Kier molecular flexibility index (Phi) is 3.69. The van der Waals surface area contributed by atoms with E-state index < -0.39 is 5.91 Å². The monoisotopic (exact) mass is 297 g/mol.